The van der Waals surface area contributed by atoms with Crippen LogP contribution in [0, 0.1) is 6.92 Å². The maximum Gasteiger partial charge on any atom is 0.160 e. The van der Waals surface area contributed by atoms with Crippen molar-refractivity contribution in [3.8, 4) is 0 Å². The molecular formula is C16H20FN7O. The average Bonchev–Trinajstić information content (AvgIpc) is 3.28. The van der Waals surface area contributed by atoms with Gasteiger partial charge < -0.3 is 9.42 Å². The fraction of sp³-hybridized carbons (Fsp3) is 0.500. The Morgan fingerprint density at radius 2 is 2.32 bits per heavy atom. The molecule has 0 aliphatic carbocycles. The molecule has 1 aliphatic rings. The van der Waals surface area contributed by atoms with Crippen LogP contribution >= 0.6 is 0 Å². The van der Waals surface area contributed by atoms with Crippen LogP contribution < -0.4 is 4.90 Å². The quantitative estimate of drug-likeness (QED) is 0.753. The Bertz CT molecular complexity index is 863. The Morgan fingerprint density at radius 3 is 3.12 bits per heavy atom. The van der Waals surface area contributed by atoms with Crippen LogP contribution in [0.3, 0.4) is 0 Å². The number of H-pyrrole nitrogens is 1. The zero-order chi connectivity index (χ0) is 17.4. The lowest BCUT2D eigenvalue weighted by Gasteiger charge is -2.28. The highest BCUT2D eigenvalue weighted by atomic mass is 19.1. The number of rotatable bonds is 5. The highest BCUT2D eigenvalue weighted by molar-refractivity contribution is 5.85. The van der Waals surface area contributed by atoms with Crippen LogP contribution in [0.4, 0.5) is 10.2 Å². The number of nitrogens with zero attached hydrogens (tertiary/aromatic N) is 6. The average molecular weight is 345 g/mol. The maximum absolute atomic E-state index is 14.0. The van der Waals surface area contributed by atoms with Crippen molar-refractivity contribution in [2.75, 3.05) is 25.0 Å². The maximum atomic E-state index is 14.0. The molecule has 0 saturated carbocycles. The van der Waals surface area contributed by atoms with Crippen molar-refractivity contribution >= 4 is 16.9 Å². The van der Waals surface area contributed by atoms with E-state index in [1.165, 1.54) is 6.33 Å². The van der Waals surface area contributed by atoms with Gasteiger partial charge in [-0.1, -0.05) is 5.16 Å². The van der Waals surface area contributed by atoms with Crippen molar-refractivity contribution in [3.63, 3.8) is 0 Å². The summed E-state index contributed by atoms with van der Waals surface area (Å²) in [4.78, 5) is 12.7. The van der Waals surface area contributed by atoms with Crippen LogP contribution in [0.5, 0.6) is 0 Å². The largest absolute Gasteiger partial charge is 0.360 e. The summed E-state index contributed by atoms with van der Waals surface area (Å²) in [5, 5.41) is 11.6. The summed E-state index contributed by atoms with van der Waals surface area (Å²) >= 11 is 0. The number of aryl methyl sites for hydroxylation is 1. The van der Waals surface area contributed by atoms with Gasteiger partial charge >= 0.3 is 0 Å². The van der Waals surface area contributed by atoms with Crippen LogP contribution in [0.15, 0.2) is 23.1 Å². The minimum Gasteiger partial charge on any atom is -0.360 e. The van der Waals surface area contributed by atoms with E-state index in [4.69, 9.17) is 4.52 Å². The van der Waals surface area contributed by atoms with Gasteiger partial charge in [-0.25, -0.2) is 14.4 Å². The highest BCUT2D eigenvalue weighted by Gasteiger charge is 2.33. The summed E-state index contributed by atoms with van der Waals surface area (Å²) < 4.78 is 19.3. The lowest BCUT2D eigenvalue weighted by atomic mass is 10.2. The van der Waals surface area contributed by atoms with Gasteiger partial charge in [-0.15, -0.1) is 0 Å². The number of aromatic nitrogens is 5. The van der Waals surface area contributed by atoms with E-state index in [1.807, 2.05) is 24.9 Å². The monoisotopic (exact) mass is 345 g/mol. The molecule has 0 bridgehead atoms. The van der Waals surface area contributed by atoms with Gasteiger partial charge in [0.05, 0.1) is 23.8 Å². The third-order valence-electron chi connectivity index (χ3n) is 4.59. The molecule has 25 heavy (non-hydrogen) atoms. The molecule has 1 fully saturated rings. The van der Waals surface area contributed by atoms with Gasteiger partial charge in [-0.05, 0) is 13.3 Å². The first-order valence-electron chi connectivity index (χ1n) is 8.25. The van der Waals surface area contributed by atoms with Crippen molar-refractivity contribution in [3.05, 3.63) is 30.0 Å². The number of likely N-dealkylation sites (N-methyl/N-ethyl adjacent to an activating group) is 1. The van der Waals surface area contributed by atoms with Crippen molar-refractivity contribution in [2.24, 2.45) is 0 Å². The summed E-state index contributed by atoms with van der Waals surface area (Å²) in [7, 11) is 1.96. The molecule has 0 amide bonds. The van der Waals surface area contributed by atoms with E-state index in [9.17, 15) is 4.39 Å². The number of aromatic amines is 1. The Kier molecular flexibility index (Phi) is 4.08. The molecule has 0 unspecified atom stereocenters. The highest BCUT2D eigenvalue weighted by Crippen LogP contribution is 2.26. The van der Waals surface area contributed by atoms with E-state index in [2.05, 4.69) is 30.2 Å². The fourth-order valence-electron chi connectivity index (χ4n) is 3.46. The van der Waals surface area contributed by atoms with Crippen LogP contribution in [-0.2, 0) is 6.54 Å². The molecule has 3 aromatic heterocycles. The Hall–Kier alpha value is -2.55. The molecule has 4 heterocycles. The first-order valence-corrected chi connectivity index (χ1v) is 8.25. The smallest absolute Gasteiger partial charge is 0.160 e. The van der Waals surface area contributed by atoms with Gasteiger partial charge in [0.1, 0.15) is 18.3 Å². The molecule has 2 atom stereocenters. The Labute approximate surface area is 144 Å². The van der Waals surface area contributed by atoms with E-state index in [1.54, 1.807) is 6.20 Å². The summed E-state index contributed by atoms with van der Waals surface area (Å²) in [5.74, 6) is 1.55. The second-order valence-corrected chi connectivity index (χ2v) is 6.56. The second-order valence-electron chi connectivity index (χ2n) is 6.56. The van der Waals surface area contributed by atoms with Gasteiger partial charge in [-0.2, -0.15) is 5.10 Å². The van der Waals surface area contributed by atoms with E-state index < -0.39 is 6.17 Å². The molecule has 3 aromatic rings. The van der Waals surface area contributed by atoms with Crippen LogP contribution in [0.2, 0.25) is 0 Å². The molecule has 1 aliphatic heterocycles. The van der Waals surface area contributed by atoms with E-state index >= 15 is 0 Å². The van der Waals surface area contributed by atoms with Crippen molar-refractivity contribution in [2.45, 2.75) is 32.1 Å². The Balaban J connectivity index is 1.50. The minimum absolute atomic E-state index is 0.0716. The number of hydrogen-bond donors (Lipinski definition) is 1. The van der Waals surface area contributed by atoms with E-state index in [-0.39, 0.29) is 6.04 Å². The molecule has 0 aromatic carbocycles. The van der Waals surface area contributed by atoms with Crippen LogP contribution in [0.1, 0.15) is 17.9 Å². The normalized spacial score (nSPS) is 21.2. The number of alkyl halides is 1. The van der Waals surface area contributed by atoms with Crippen molar-refractivity contribution < 1.29 is 8.91 Å². The molecule has 9 heteroatoms. The second kappa shape index (κ2) is 6.40. The standard InChI is InChI=1S/C16H20FN7O/c1-10-3-13(25-22-10)8-24-6-11(17)4-12(24)7-23(2)16-14-5-20-21-15(14)18-9-19-16/h3,5,9,11-12H,4,6-8H2,1-2H3,(H,18,19,20,21)/t11-,12-/m0/s1. The molecular weight excluding hydrogens is 325 g/mol. The minimum atomic E-state index is -0.832. The summed E-state index contributed by atoms with van der Waals surface area (Å²) in [6.45, 7) is 3.50. The van der Waals surface area contributed by atoms with E-state index in [0.29, 0.717) is 31.7 Å². The van der Waals surface area contributed by atoms with Crippen molar-refractivity contribution in [1.82, 2.24) is 30.2 Å². The van der Waals surface area contributed by atoms with Gasteiger partial charge in [0.2, 0.25) is 0 Å². The van der Waals surface area contributed by atoms with Gasteiger partial charge in [0, 0.05) is 32.2 Å². The molecule has 4 rings (SSSR count). The third kappa shape index (κ3) is 3.19. The number of halogens is 1. The van der Waals surface area contributed by atoms with Crippen LogP contribution in [0.25, 0.3) is 11.0 Å². The molecule has 8 nitrogen and oxygen atoms in total. The van der Waals surface area contributed by atoms with Gasteiger partial charge in [0.15, 0.2) is 11.4 Å². The number of fused-ring (bicyclic) bond motifs is 1. The number of nitrogens with one attached hydrogen (secondary N) is 1. The fourth-order valence-corrected chi connectivity index (χ4v) is 3.46. The summed E-state index contributed by atoms with van der Waals surface area (Å²) in [6, 6.07) is 1.97. The molecule has 1 saturated heterocycles. The predicted molar refractivity (Wildman–Crippen MR) is 89.9 cm³/mol. The number of anilines is 1. The van der Waals surface area contributed by atoms with Crippen molar-refractivity contribution in [1.29, 1.82) is 0 Å². The summed E-state index contributed by atoms with van der Waals surface area (Å²) in [5.41, 5.74) is 1.53. The molecule has 1 N–H and O–H groups in total. The van der Waals surface area contributed by atoms with Crippen LogP contribution in [-0.4, -0.2) is 62.6 Å². The topological polar surface area (TPSA) is 87.0 Å². The van der Waals surface area contributed by atoms with Gasteiger partial charge in [-0.3, -0.25) is 10.00 Å². The zero-order valence-electron chi connectivity index (χ0n) is 14.2. The molecule has 0 radical (unpaired) electrons. The number of likely N-dealkylation sites (tertiary alicyclic amines) is 1. The van der Waals surface area contributed by atoms with E-state index in [0.717, 1.165) is 22.7 Å². The predicted octanol–water partition coefficient (Wildman–Crippen LogP) is 1.70. The first-order chi connectivity index (χ1) is 12.1. The SMILES string of the molecule is Cc1cc(CN2C[C@@H](F)C[C@H]2CN(C)c2ncnc3[nH]ncc23)on1. The van der Waals surface area contributed by atoms with Gasteiger partial charge in [0.25, 0.3) is 0 Å². The number of hydrogen-bond acceptors (Lipinski definition) is 7. The zero-order valence-corrected chi connectivity index (χ0v) is 14.2. The Morgan fingerprint density at radius 1 is 1.44 bits per heavy atom. The lowest BCUT2D eigenvalue weighted by molar-refractivity contribution is 0.209. The molecule has 132 valence electrons. The lowest BCUT2D eigenvalue weighted by Crippen LogP contribution is -2.38. The third-order valence-corrected chi connectivity index (χ3v) is 4.59. The first kappa shape index (κ1) is 15.9. The molecule has 0 spiro atoms. The summed E-state index contributed by atoms with van der Waals surface area (Å²) in [6.07, 6.45) is 2.88.